The van der Waals surface area contributed by atoms with Crippen molar-refractivity contribution < 1.29 is 24.1 Å². The standard InChI is InChI=1S/C47H54N4O.Pt/c1-44(2,3)33-17-19-36(20-18-33)49-31-50(41-15-13-12-14-40(41)49)37-26-35(46(7,8)9)27-39(29-37)52-38-21-16-32-22-24-47(10,11)51(42(32)30-38)43-28-34(23-25-48-43)45(4,5)6;/h12-21,23,25-30H,22,24H2,1-11H3;. The van der Waals surface area contributed by atoms with Gasteiger partial charge in [0, 0.05) is 6.20 Å². The van der Waals surface area contributed by atoms with Gasteiger partial charge >= 0.3 is 285 Å². The van der Waals surface area contributed by atoms with E-state index in [1.165, 1.54) is 22.3 Å². The van der Waals surface area contributed by atoms with Gasteiger partial charge in [-0.2, -0.15) is 0 Å². The van der Waals surface area contributed by atoms with Crippen LogP contribution in [0.25, 0.3) is 22.4 Å². The Morgan fingerprint density at radius 2 is 1.25 bits per heavy atom. The van der Waals surface area contributed by atoms with Crippen molar-refractivity contribution in [3.8, 4) is 22.9 Å². The topological polar surface area (TPSA) is 35.2 Å². The molecule has 0 atom stereocenters. The van der Waals surface area contributed by atoms with Gasteiger partial charge in [0.05, 0.1) is 0 Å². The molecule has 0 spiro atoms. The zero-order chi connectivity index (χ0) is 38.1. The molecule has 0 saturated heterocycles. The van der Waals surface area contributed by atoms with Gasteiger partial charge in [-0.1, -0.05) is 20.8 Å². The fourth-order valence-electron chi connectivity index (χ4n) is 7.40. The summed E-state index contributed by atoms with van der Waals surface area (Å²) in [6.45, 7) is 25.0. The maximum atomic E-state index is 6.89. The molecule has 2 aromatic heterocycles. The van der Waals surface area contributed by atoms with Gasteiger partial charge in [-0.3, -0.25) is 0 Å². The van der Waals surface area contributed by atoms with Crippen molar-refractivity contribution in [3.05, 3.63) is 129 Å². The van der Waals surface area contributed by atoms with E-state index in [1.807, 2.05) is 6.20 Å². The molecule has 278 valence electrons. The predicted octanol–water partition coefficient (Wildman–Crippen LogP) is 12.4. The van der Waals surface area contributed by atoms with E-state index in [4.69, 9.17) is 9.72 Å². The molecule has 0 N–H and O–H groups in total. The van der Waals surface area contributed by atoms with Crippen LogP contribution in [-0.2, 0) is 42.0 Å². The monoisotopic (exact) mass is 885 g/mol. The van der Waals surface area contributed by atoms with Gasteiger partial charge in [0.1, 0.15) is 0 Å². The van der Waals surface area contributed by atoms with Crippen LogP contribution >= 0.6 is 0 Å². The number of benzene rings is 4. The number of para-hydroxylation sites is 2. The van der Waals surface area contributed by atoms with Gasteiger partial charge in [0.25, 0.3) is 0 Å². The summed E-state index contributed by atoms with van der Waals surface area (Å²) in [5, 5.41) is 0. The first-order valence-corrected chi connectivity index (χ1v) is 20.0. The molecule has 7 rings (SSSR count). The van der Waals surface area contributed by atoms with Gasteiger partial charge in [0.2, 0.25) is 0 Å². The van der Waals surface area contributed by atoms with Crippen molar-refractivity contribution >= 4 is 22.5 Å². The van der Waals surface area contributed by atoms with E-state index in [0.29, 0.717) is 0 Å². The molecule has 0 amide bonds. The molecule has 6 heteroatoms. The quantitative estimate of drug-likeness (QED) is 0.173. The predicted molar refractivity (Wildman–Crippen MR) is 217 cm³/mol. The van der Waals surface area contributed by atoms with E-state index in [2.05, 4.69) is 207 Å². The molecule has 53 heavy (non-hydrogen) atoms. The summed E-state index contributed by atoms with van der Waals surface area (Å²) in [6, 6.07) is 35.4. The van der Waals surface area contributed by atoms with E-state index in [-0.39, 0.29) is 21.8 Å². The first-order valence-electron chi connectivity index (χ1n) is 18.8. The fourth-order valence-corrected chi connectivity index (χ4v) is 8.53. The van der Waals surface area contributed by atoms with E-state index in [1.54, 1.807) is 0 Å². The molecule has 1 aliphatic heterocycles. The second kappa shape index (κ2) is 13.3. The van der Waals surface area contributed by atoms with Crippen LogP contribution in [0.15, 0.2) is 103 Å². The zero-order valence-corrected chi connectivity index (χ0v) is 35.5. The van der Waals surface area contributed by atoms with Crippen LogP contribution in [-0.4, -0.2) is 19.7 Å². The summed E-state index contributed by atoms with van der Waals surface area (Å²) in [5.74, 6) is 2.61. The van der Waals surface area contributed by atoms with Crippen LogP contribution in [0.5, 0.6) is 11.5 Å². The van der Waals surface area contributed by atoms with E-state index in [9.17, 15) is 0 Å². The second-order valence-corrected chi connectivity index (χ2v) is 19.4. The normalized spacial score (nSPS) is 14.8. The summed E-state index contributed by atoms with van der Waals surface area (Å²) in [5.41, 5.74) is 10.7. The third-order valence-corrected chi connectivity index (χ3v) is 11.7. The third kappa shape index (κ3) is 7.22. The van der Waals surface area contributed by atoms with Crippen LogP contribution in [0.2, 0.25) is 0 Å². The van der Waals surface area contributed by atoms with Crippen molar-refractivity contribution in [2.75, 3.05) is 4.90 Å². The molecule has 0 radical (unpaired) electrons. The van der Waals surface area contributed by atoms with E-state index in [0.717, 1.165) is 62.1 Å². The Labute approximate surface area is 327 Å². The fraction of sp³-hybridized carbons (Fsp3) is 0.362. The van der Waals surface area contributed by atoms with Gasteiger partial charge in [0.15, 0.2) is 0 Å². The molecule has 1 aliphatic rings. The number of imidazole rings is 1. The molecule has 3 heterocycles. The molecular weight excluding hydrogens is 832 g/mol. The van der Waals surface area contributed by atoms with E-state index < -0.39 is 0 Å². The third-order valence-electron chi connectivity index (χ3n) is 10.7. The number of rotatable bonds is 5. The minimum absolute atomic E-state index is 0.0280. The van der Waals surface area contributed by atoms with Crippen molar-refractivity contribution in [2.24, 2.45) is 0 Å². The molecule has 0 fully saturated rings. The number of pyridine rings is 1. The van der Waals surface area contributed by atoms with Gasteiger partial charge in [-0.25, -0.2) is 0 Å². The average Bonchev–Trinajstić information content (AvgIpc) is 3.38. The van der Waals surface area contributed by atoms with Crippen molar-refractivity contribution in [2.45, 2.75) is 111 Å². The molecule has 5 nitrogen and oxygen atoms in total. The van der Waals surface area contributed by atoms with Crippen LogP contribution in [0, 0.1) is 3.80 Å². The summed E-state index contributed by atoms with van der Waals surface area (Å²) < 4.78 is 12.7. The summed E-state index contributed by atoms with van der Waals surface area (Å²) in [6.07, 6.45) is 4.01. The Kier molecular flexibility index (Phi) is 9.29. The van der Waals surface area contributed by atoms with Gasteiger partial charge in [-0.05, 0) is 17.0 Å². The Morgan fingerprint density at radius 1 is 0.623 bits per heavy atom. The average molecular weight is 886 g/mol. The van der Waals surface area contributed by atoms with Gasteiger partial charge < -0.3 is 0 Å². The number of aryl methyl sites for hydroxylation is 1. The zero-order valence-electron chi connectivity index (χ0n) is 33.2. The Hall–Kier alpha value is -4.21. The van der Waals surface area contributed by atoms with Crippen LogP contribution < -0.4 is 9.64 Å². The molecule has 0 aliphatic carbocycles. The van der Waals surface area contributed by atoms with Crippen molar-refractivity contribution in [3.63, 3.8) is 0 Å². The summed E-state index contributed by atoms with van der Waals surface area (Å²) in [4.78, 5) is 7.34. The number of hydrogen-bond acceptors (Lipinski definition) is 3. The number of hydrogen-bond donors (Lipinski definition) is 0. The molecule has 0 bridgehead atoms. The Balaban J connectivity index is 1.33. The molecule has 0 saturated carbocycles. The van der Waals surface area contributed by atoms with Crippen LogP contribution in [0.4, 0.5) is 11.5 Å². The number of ether oxygens (including phenoxy) is 1. The van der Waals surface area contributed by atoms with Crippen molar-refractivity contribution in [1.82, 2.24) is 14.1 Å². The number of fused-ring (bicyclic) bond motifs is 2. The summed E-state index contributed by atoms with van der Waals surface area (Å²) in [7, 11) is 0. The Morgan fingerprint density at radius 3 is 1.87 bits per heavy atom. The van der Waals surface area contributed by atoms with Crippen LogP contribution in [0.3, 0.4) is 0 Å². The maximum absolute atomic E-state index is 6.89. The van der Waals surface area contributed by atoms with Gasteiger partial charge in [-0.15, -0.1) is 0 Å². The first kappa shape index (κ1) is 37.1. The number of nitrogens with zero attached hydrogens (tertiary/aromatic N) is 4. The van der Waals surface area contributed by atoms with Crippen LogP contribution in [0.1, 0.15) is 105 Å². The first-order chi connectivity index (χ1) is 24.8. The molecule has 6 aromatic rings. The molecular formula is C47H54N4OPt. The van der Waals surface area contributed by atoms with E-state index >= 15 is 0 Å². The molecule has 4 aromatic carbocycles. The number of anilines is 2. The second-order valence-electron chi connectivity index (χ2n) is 18.4. The number of aromatic nitrogens is 3. The minimum atomic E-state index is -0.108. The van der Waals surface area contributed by atoms with Crippen molar-refractivity contribution in [1.29, 1.82) is 0 Å². The SMILES string of the molecule is CC(C)(C)c1ccc(-n2[c](=[Pt])n(-c3cc(Oc4ccc5c(c4)N(c4cc(C(C)(C)C)ccn4)C(C)(C)CC5)cc(C(C)(C)C)c3)c3ccccc32)cc1. The summed E-state index contributed by atoms with van der Waals surface area (Å²) >= 11 is 2.49. The molecule has 0 unspecified atom stereocenters. The Bertz CT molecular complexity index is 2380.